The van der Waals surface area contributed by atoms with Crippen LogP contribution in [-0.2, 0) is 9.47 Å². The van der Waals surface area contributed by atoms with Gasteiger partial charge in [-0.05, 0) is 12.1 Å². The van der Waals surface area contributed by atoms with Crippen LogP contribution in [0.15, 0.2) is 36.4 Å². The molecular formula is C17H24O4. The molecule has 2 rings (SSSR count). The number of hydrogen-bond acceptors (Lipinski definition) is 4. The molecule has 0 aromatic heterocycles. The van der Waals surface area contributed by atoms with Crippen molar-refractivity contribution in [3.63, 3.8) is 0 Å². The van der Waals surface area contributed by atoms with E-state index in [1.807, 2.05) is 30.3 Å². The Morgan fingerprint density at radius 2 is 2.10 bits per heavy atom. The first-order chi connectivity index (χ1) is 10.2. The van der Waals surface area contributed by atoms with Crippen LogP contribution in [0.5, 0.6) is 5.75 Å². The van der Waals surface area contributed by atoms with Crippen LogP contribution in [-0.4, -0.2) is 31.5 Å². The van der Waals surface area contributed by atoms with Gasteiger partial charge in [-0.3, -0.25) is 0 Å². The van der Waals surface area contributed by atoms with Crippen LogP contribution in [0.3, 0.4) is 0 Å². The molecule has 4 nitrogen and oxygen atoms in total. The molecule has 0 spiro atoms. The fraction of sp³-hybridized carbons (Fsp3) is 0.529. The molecule has 1 saturated heterocycles. The molecule has 1 aromatic carbocycles. The molecule has 116 valence electrons. The lowest BCUT2D eigenvalue weighted by Crippen LogP contribution is -2.38. The first-order valence-electron chi connectivity index (χ1n) is 7.34. The maximum atomic E-state index is 8.89. The van der Waals surface area contributed by atoms with E-state index < -0.39 is 0 Å². The summed E-state index contributed by atoms with van der Waals surface area (Å²) in [5.74, 6) is 1.37. The normalized spacial score (nSPS) is 27.7. The highest BCUT2D eigenvalue weighted by Gasteiger charge is 2.32. The van der Waals surface area contributed by atoms with E-state index in [0.29, 0.717) is 12.5 Å². The zero-order valence-corrected chi connectivity index (χ0v) is 12.9. The Morgan fingerprint density at radius 1 is 1.38 bits per heavy atom. The summed E-state index contributed by atoms with van der Waals surface area (Å²) in [7, 11) is 1.65. The highest BCUT2D eigenvalue weighted by Crippen LogP contribution is 2.33. The molecular weight excluding hydrogens is 268 g/mol. The van der Waals surface area contributed by atoms with Gasteiger partial charge in [0.1, 0.15) is 5.75 Å². The standard InChI is InChI=1S/C17H24O4/c1-12(5-4-10-18)16-13(2)11-20-17(21-16)14-6-8-15(19-3)9-7-14/h4-9,12-13,16-18H,10-11H2,1-3H3/b5-4+/t12-,13+,16+,17-/m1/s1. The third-order valence-corrected chi connectivity index (χ3v) is 3.80. The van der Waals surface area contributed by atoms with Gasteiger partial charge in [-0.25, -0.2) is 0 Å². The van der Waals surface area contributed by atoms with E-state index in [1.165, 1.54) is 0 Å². The van der Waals surface area contributed by atoms with Crippen molar-refractivity contribution in [2.75, 3.05) is 20.3 Å². The molecule has 1 aliphatic heterocycles. The second kappa shape index (κ2) is 7.59. The minimum Gasteiger partial charge on any atom is -0.497 e. The second-order valence-corrected chi connectivity index (χ2v) is 5.49. The van der Waals surface area contributed by atoms with Crippen LogP contribution in [0.25, 0.3) is 0 Å². The third kappa shape index (κ3) is 4.06. The molecule has 0 amide bonds. The predicted octanol–water partition coefficient (Wildman–Crippen LogP) is 2.93. The zero-order valence-electron chi connectivity index (χ0n) is 12.9. The van der Waals surface area contributed by atoms with Gasteiger partial charge in [0.2, 0.25) is 0 Å². The molecule has 0 aliphatic carbocycles. The lowest BCUT2D eigenvalue weighted by Gasteiger charge is -2.37. The fourth-order valence-corrected chi connectivity index (χ4v) is 2.61. The summed E-state index contributed by atoms with van der Waals surface area (Å²) in [5, 5.41) is 8.89. The number of rotatable bonds is 5. The van der Waals surface area contributed by atoms with Gasteiger partial charge in [-0.2, -0.15) is 0 Å². The van der Waals surface area contributed by atoms with E-state index in [-0.39, 0.29) is 24.9 Å². The molecule has 0 unspecified atom stereocenters. The summed E-state index contributed by atoms with van der Waals surface area (Å²) in [6.45, 7) is 4.95. The lowest BCUT2D eigenvalue weighted by atomic mass is 9.92. The van der Waals surface area contributed by atoms with Gasteiger partial charge in [0.05, 0.1) is 26.4 Å². The molecule has 1 N–H and O–H groups in total. The number of ether oxygens (including phenoxy) is 3. The topological polar surface area (TPSA) is 47.9 Å². The van der Waals surface area contributed by atoms with Crippen molar-refractivity contribution in [1.29, 1.82) is 0 Å². The summed E-state index contributed by atoms with van der Waals surface area (Å²) in [6.07, 6.45) is 3.49. The summed E-state index contributed by atoms with van der Waals surface area (Å²) >= 11 is 0. The van der Waals surface area contributed by atoms with E-state index in [2.05, 4.69) is 13.8 Å². The van der Waals surface area contributed by atoms with Crippen molar-refractivity contribution in [3.8, 4) is 5.75 Å². The Hall–Kier alpha value is -1.36. The minimum absolute atomic E-state index is 0.0594. The van der Waals surface area contributed by atoms with Crippen molar-refractivity contribution < 1.29 is 19.3 Å². The first-order valence-corrected chi connectivity index (χ1v) is 7.34. The number of hydrogen-bond donors (Lipinski definition) is 1. The predicted molar refractivity (Wildman–Crippen MR) is 81.1 cm³/mol. The van der Waals surface area contributed by atoms with E-state index >= 15 is 0 Å². The van der Waals surface area contributed by atoms with Crippen LogP contribution >= 0.6 is 0 Å². The van der Waals surface area contributed by atoms with Crippen molar-refractivity contribution in [3.05, 3.63) is 42.0 Å². The highest BCUT2D eigenvalue weighted by atomic mass is 16.7. The number of aliphatic hydroxyl groups excluding tert-OH is 1. The molecule has 4 atom stereocenters. The van der Waals surface area contributed by atoms with Gasteiger partial charge in [0, 0.05) is 17.4 Å². The molecule has 0 bridgehead atoms. The SMILES string of the molecule is COc1ccc([C@@H]2OC[C@H](C)[C@H]([C@H](C)/C=C/CO)O2)cc1. The van der Waals surface area contributed by atoms with E-state index in [9.17, 15) is 0 Å². The lowest BCUT2D eigenvalue weighted by molar-refractivity contribution is -0.245. The number of aliphatic hydroxyl groups is 1. The Balaban J connectivity index is 2.06. The average molecular weight is 292 g/mol. The Morgan fingerprint density at radius 3 is 2.71 bits per heavy atom. The minimum atomic E-state index is -0.345. The molecule has 0 saturated carbocycles. The van der Waals surface area contributed by atoms with Crippen LogP contribution in [0.4, 0.5) is 0 Å². The van der Waals surface area contributed by atoms with Crippen molar-refractivity contribution >= 4 is 0 Å². The average Bonchev–Trinajstić information content (AvgIpc) is 2.53. The Bertz CT molecular complexity index is 454. The molecule has 0 radical (unpaired) electrons. The number of methoxy groups -OCH3 is 1. The Labute approximate surface area is 126 Å². The van der Waals surface area contributed by atoms with Crippen LogP contribution < -0.4 is 4.74 Å². The largest absolute Gasteiger partial charge is 0.497 e. The van der Waals surface area contributed by atoms with Gasteiger partial charge in [0.25, 0.3) is 0 Å². The highest BCUT2D eigenvalue weighted by molar-refractivity contribution is 5.28. The molecule has 1 aliphatic rings. The number of benzene rings is 1. The second-order valence-electron chi connectivity index (χ2n) is 5.49. The summed E-state index contributed by atoms with van der Waals surface area (Å²) in [5.41, 5.74) is 0.992. The van der Waals surface area contributed by atoms with Crippen molar-refractivity contribution in [2.24, 2.45) is 11.8 Å². The van der Waals surface area contributed by atoms with Crippen LogP contribution in [0, 0.1) is 11.8 Å². The molecule has 1 heterocycles. The van der Waals surface area contributed by atoms with Crippen molar-refractivity contribution in [2.45, 2.75) is 26.2 Å². The fourth-order valence-electron chi connectivity index (χ4n) is 2.61. The van der Waals surface area contributed by atoms with E-state index in [1.54, 1.807) is 13.2 Å². The smallest absolute Gasteiger partial charge is 0.184 e. The van der Waals surface area contributed by atoms with Crippen molar-refractivity contribution in [1.82, 2.24) is 0 Å². The Kier molecular flexibility index (Phi) is 5.79. The first kappa shape index (κ1) is 16.0. The monoisotopic (exact) mass is 292 g/mol. The molecule has 1 fully saturated rings. The van der Waals surface area contributed by atoms with Gasteiger partial charge in [0.15, 0.2) is 6.29 Å². The van der Waals surface area contributed by atoms with Gasteiger partial charge in [-0.1, -0.05) is 38.1 Å². The van der Waals surface area contributed by atoms with E-state index in [4.69, 9.17) is 19.3 Å². The molecule has 1 aromatic rings. The summed E-state index contributed by atoms with van der Waals surface area (Å²) in [4.78, 5) is 0. The van der Waals surface area contributed by atoms with Gasteiger partial charge >= 0.3 is 0 Å². The molecule has 4 heteroatoms. The maximum absolute atomic E-state index is 8.89. The van der Waals surface area contributed by atoms with Gasteiger partial charge < -0.3 is 19.3 Å². The summed E-state index contributed by atoms with van der Waals surface area (Å²) in [6, 6.07) is 7.74. The van der Waals surface area contributed by atoms with Crippen LogP contribution in [0.2, 0.25) is 0 Å². The third-order valence-electron chi connectivity index (χ3n) is 3.80. The van der Waals surface area contributed by atoms with Gasteiger partial charge in [-0.15, -0.1) is 0 Å². The quantitative estimate of drug-likeness (QED) is 0.848. The maximum Gasteiger partial charge on any atom is 0.184 e. The zero-order chi connectivity index (χ0) is 15.2. The summed E-state index contributed by atoms with van der Waals surface area (Å²) < 4.78 is 17.1. The molecule has 21 heavy (non-hydrogen) atoms. The van der Waals surface area contributed by atoms with Crippen LogP contribution in [0.1, 0.15) is 25.7 Å². The van der Waals surface area contributed by atoms with E-state index in [0.717, 1.165) is 11.3 Å².